The van der Waals surface area contributed by atoms with E-state index in [2.05, 4.69) is 4.98 Å². The number of methoxy groups -OCH3 is 1. The van der Waals surface area contributed by atoms with Gasteiger partial charge in [-0.2, -0.15) is 0 Å². The second kappa shape index (κ2) is 8.79. The highest BCUT2D eigenvalue weighted by Gasteiger charge is 1.99. The third-order valence-corrected chi connectivity index (χ3v) is 2.37. The molecule has 1 heterocycles. The molecule has 0 radical (unpaired) electrons. The minimum Gasteiger partial charge on any atom is -0.475 e. The Morgan fingerprint density at radius 3 is 2.72 bits per heavy atom. The molecule has 1 aromatic rings. The summed E-state index contributed by atoms with van der Waals surface area (Å²) in [4.78, 5) is 4.41. The highest BCUT2D eigenvalue weighted by molar-refractivity contribution is 7.80. The van der Waals surface area contributed by atoms with Gasteiger partial charge in [-0.15, -0.1) is 0 Å². The van der Waals surface area contributed by atoms with Crippen LogP contribution in [0, 0.1) is 0 Å². The summed E-state index contributed by atoms with van der Waals surface area (Å²) in [5.74, 6) is 0.537. The summed E-state index contributed by atoms with van der Waals surface area (Å²) in [6, 6.07) is 3.52. The molecule has 0 aromatic carbocycles. The zero-order chi connectivity index (χ0) is 13.2. The summed E-state index contributed by atoms with van der Waals surface area (Å²) in [6.07, 6.45) is 2.48. The Balaban J connectivity index is 2.14. The molecule has 0 unspecified atom stereocenters. The molecule has 0 fully saturated rings. The van der Waals surface area contributed by atoms with Gasteiger partial charge in [-0.05, 0) is 12.5 Å². The first-order valence-corrected chi connectivity index (χ1v) is 6.10. The van der Waals surface area contributed by atoms with E-state index in [1.807, 2.05) is 0 Å². The maximum atomic E-state index is 5.46. The van der Waals surface area contributed by atoms with Crippen LogP contribution in [0.3, 0.4) is 0 Å². The number of hydrogen-bond donors (Lipinski definition) is 1. The van der Waals surface area contributed by atoms with Crippen molar-refractivity contribution in [3.8, 4) is 5.88 Å². The molecular formula is C12H18N2O3S. The molecular weight excluding hydrogens is 252 g/mol. The smallest absolute Gasteiger partial charge is 0.213 e. The van der Waals surface area contributed by atoms with Gasteiger partial charge in [-0.1, -0.05) is 12.2 Å². The number of thiocarbonyl (C=S) groups is 1. The minimum absolute atomic E-state index is 0.329. The molecule has 0 saturated carbocycles. The Morgan fingerprint density at radius 2 is 2.11 bits per heavy atom. The van der Waals surface area contributed by atoms with E-state index in [4.69, 9.17) is 32.2 Å². The van der Waals surface area contributed by atoms with Crippen LogP contribution in [-0.2, 0) is 9.47 Å². The summed E-state index contributed by atoms with van der Waals surface area (Å²) in [7, 11) is 1.67. The fourth-order valence-electron chi connectivity index (χ4n) is 1.22. The van der Waals surface area contributed by atoms with Crippen molar-refractivity contribution in [2.24, 2.45) is 5.73 Å². The van der Waals surface area contributed by atoms with Gasteiger partial charge in [0.15, 0.2) is 0 Å². The van der Waals surface area contributed by atoms with E-state index in [-0.39, 0.29) is 0 Å². The lowest BCUT2D eigenvalue weighted by molar-refractivity contribution is 0.0795. The quantitative estimate of drug-likeness (QED) is 0.536. The van der Waals surface area contributed by atoms with Crippen molar-refractivity contribution in [1.82, 2.24) is 4.98 Å². The van der Waals surface area contributed by atoms with Gasteiger partial charge < -0.3 is 19.9 Å². The minimum atomic E-state index is 0.329. The van der Waals surface area contributed by atoms with Gasteiger partial charge in [0.25, 0.3) is 0 Å². The van der Waals surface area contributed by atoms with Crippen LogP contribution in [-0.4, -0.2) is 43.5 Å². The normalized spacial score (nSPS) is 10.3. The monoisotopic (exact) mass is 270 g/mol. The number of ether oxygens (including phenoxy) is 3. The molecule has 0 saturated heterocycles. The van der Waals surface area contributed by atoms with Gasteiger partial charge in [0.2, 0.25) is 5.88 Å². The van der Waals surface area contributed by atoms with E-state index in [9.17, 15) is 0 Å². The SMILES string of the molecule is COCCCOCCOc1ccc(C(N)=S)cn1. The molecule has 0 bridgehead atoms. The maximum Gasteiger partial charge on any atom is 0.213 e. The Labute approximate surface area is 112 Å². The zero-order valence-electron chi connectivity index (χ0n) is 10.4. The fourth-order valence-corrected chi connectivity index (χ4v) is 1.34. The topological polar surface area (TPSA) is 66.6 Å². The predicted octanol–water partition coefficient (Wildman–Crippen LogP) is 1.15. The predicted molar refractivity (Wildman–Crippen MR) is 72.9 cm³/mol. The molecule has 0 aliphatic rings. The highest BCUT2D eigenvalue weighted by atomic mass is 32.1. The lowest BCUT2D eigenvalue weighted by Crippen LogP contribution is -2.11. The molecule has 0 aliphatic heterocycles. The van der Waals surface area contributed by atoms with Crippen LogP contribution in [0.4, 0.5) is 0 Å². The summed E-state index contributed by atoms with van der Waals surface area (Å²) >= 11 is 4.83. The van der Waals surface area contributed by atoms with Gasteiger partial charge in [-0.25, -0.2) is 4.98 Å². The lowest BCUT2D eigenvalue weighted by Gasteiger charge is -2.06. The summed E-state index contributed by atoms with van der Waals surface area (Å²) in [6.45, 7) is 2.38. The molecule has 0 amide bonds. The Kier molecular flexibility index (Phi) is 7.24. The van der Waals surface area contributed by atoms with E-state index >= 15 is 0 Å². The van der Waals surface area contributed by atoms with E-state index in [1.165, 1.54) is 0 Å². The van der Waals surface area contributed by atoms with Crippen LogP contribution in [0.5, 0.6) is 5.88 Å². The molecule has 0 spiro atoms. The molecule has 5 nitrogen and oxygen atoms in total. The lowest BCUT2D eigenvalue weighted by atomic mass is 10.3. The maximum absolute atomic E-state index is 5.46. The fraction of sp³-hybridized carbons (Fsp3) is 0.500. The molecule has 0 aliphatic carbocycles. The number of hydrogen-bond acceptors (Lipinski definition) is 5. The van der Waals surface area contributed by atoms with Crippen molar-refractivity contribution >= 4 is 17.2 Å². The third-order valence-electron chi connectivity index (χ3n) is 2.14. The molecule has 100 valence electrons. The second-order valence-corrected chi connectivity index (χ2v) is 4.00. The van der Waals surface area contributed by atoms with Gasteiger partial charge in [0, 0.05) is 38.2 Å². The highest BCUT2D eigenvalue weighted by Crippen LogP contribution is 2.07. The van der Waals surface area contributed by atoms with E-state index in [1.54, 1.807) is 25.4 Å². The Morgan fingerprint density at radius 1 is 1.28 bits per heavy atom. The number of pyridine rings is 1. The summed E-state index contributed by atoms with van der Waals surface area (Å²) in [5.41, 5.74) is 6.19. The molecule has 0 atom stereocenters. The molecule has 1 rings (SSSR count). The standard InChI is InChI=1S/C12H18N2O3S/c1-15-5-2-6-16-7-8-17-11-4-3-10(9-14-11)12(13)18/h3-4,9H,2,5-8H2,1H3,(H2,13,18). The number of nitrogens with two attached hydrogens (primary N) is 1. The van der Waals surface area contributed by atoms with Crippen molar-refractivity contribution in [2.45, 2.75) is 6.42 Å². The average Bonchev–Trinajstić information content (AvgIpc) is 2.38. The number of rotatable bonds is 9. The molecule has 6 heteroatoms. The van der Waals surface area contributed by atoms with Gasteiger partial charge >= 0.3 is 0 Å². The summed E-state index contributed by atoms with van der Waals surface area (Å²) in [5, 5.41) is 0. The largest absolute Gasteiger partial charge is 0.475 e. The van der Waals surface area contributed by atoms with Crippen LogP contribution < -0.4 is 10.5 Å². The van der Waals surface area contributed by atoms with Crippen molar-refractivity contribution < 1.29 is 14.2 Å². The number of aromatic nitrogens is 1. The van der Waals surface area contributed by atoms with E-state index in [0.29, 0.717) is 37.3 Å². The second-order valence-electron chi connectivity index (χ2n) is 3.56. The van der Waals surface area contributed by atoms with Crippen LogP contribution in [0.25, 0.3) is 0 Å². The van der Waals surface area contributed by atoms with Gasteiger partial charge in [-0.3, -0.25) is 0 Å². The third kappa shape index (κ3) is 5.90. The van der Waals surface area contributed by atoms with Crippen LogP contribution in [0.2, 0.25) is 0 Å². The van der Waals surface area contributed by atoms with Gasteiger partial charge in [0.1, 0.15) is 11.6 Å². The Hall–Kier alpha value is -1.24. The van der Waals surface area contributed by atoms with Gasteiger partial charge in [0.05, 0.1) is 6.61 Å². The number of nitrogens with zero attached hydrogens (tertiary/aromatic N) is 1. The van der Waals surface area contributed by atoms with Crippen molar-refractivity contribution in [3.05, 3.63) is 23.9 Å². The molecule has 2 N–H and O–H groups in total. The molecule has 18 heavy (non-hydrogen) atoms. The summed E-state index contributed by atoms with van der Waals surface area (Å²) < 4.78 is 15.6. The first-order valence-electron chi connectivity index (χ1n) is 5.69. The van der Waals surface area contributed by atoms with E-state index < -0.39 is 0 Å². The van der Waals surface area contributed by atoms with Crippen LogP contribution in [0.15, 0.2) is 18.3 Å². The van der Waals surface area contributed by atoms with E-state index in [0.717, 1.165) is 12.0 Å². The first kappa shape index (κ1) is 14.8. The van der Waals surface area contributed by atoms with Crippen LogP contribution >= 0.6 is 12.2 Å². The first-order chi connectivity index (χ1) is 8.74. The zero-order valence-corrected chi connectivity index (χ0v) is 11.2. The van der Waals surface area contributed by atoms with Crippen LogP contribution in [0.1, 0.15) is 12.0 Å². The Bertz CT molecular complexity index is 357. The van der Waals surface area contributed by atoms with Crippen molar-refractivity contribution in [1.29, 1.82) is 0 Å². The van der Waals surface area contributed by atoms with Crippen molar-refractivity contribution in [3.63, 3.8) is 0 Å². The van der Waals surface area contributed by atoms with Crippen molar-refractivity contribution in [2.75, 3.05) is 33.5 Å². The molecule has 1 aromatic heterocycles. The average molecular weight is 270 g/mol.